The lowest BCUT2D eigenvalue weighted by Gasteiger charge is -2.11. The molecule has 0 unspecified atom stereocenters. The molecule has 2 N–H and O–H groups in total. The van der Waals surface area contributed by atoms with Gasteiger partial charge in [0.1, 0.15) is 5.69 Å². The number of aromatic nitrogens is 2. The summed E-state index contributed by atoms with van der Waals surface area (Å²) >= 11 is 3.11. The van der Waals surface area contributed by atoms with E-state index in [9.17, 15) is 14.4 Å². The van der Waals surface area contributed by atoms with Crippen LogP contribution in [-0.4, -0.2) is 27.6 Å². The number of rotatable bonds is 13. The number of para-hydroxylation sites is 2. The first-order chi connectivity index (χ1) is 16.8. The number of hydrogen-bond acceptors (Lipinski definition) is 7. The van der Waals surface area contributed by atoms with Gasteiger partial charge in [0.05, 0.1) is 11.4 Å². The van der Waals surface area contributed by atoms with Gasteiger partial charge < -0.3 is 10.6 Å². The maximum Gasteiger partial charge on any atom is 0.224 e. The molecule has 2 aromatic heterocycles. The van der Waals surface area contributed by atoms with Crippen molar-refractivity contribution in [2.24, 2.45) is 5.92 Å². The molecule has 3 rings (SSSR count). The van der Waals surface area contributed by atoms with Crippen LogP contribution in [0.2, 0.25) is 0 Å². The highest BCUT2D eigenvalue weighted by Gasteiger charge is 2.20. The van der Waals surface area contributed by atoms with Gasteiger partial charge in [-0.25, -0.2) is 9.97 Å². The number of carbonyl (C=O) groups is 3. The third kappa shape index (κ3) is 8.36. The Morgan fingerprint density at radius 1 is 0.943 bits per heavy atom. The molecule has 0 aliphatic carbocycles. The number of anilines is 2. The molecule has 3 aromatic rings. The van der Waals surface area contributed by atoms with E-state index in [0.29, 0.717) is 35.8 Å². The van der Waals surface area contributed by atoms with E-state index < -0.39 is 0 Å². The third-order valence-corrected chi connectivity index (χ3v) is 7.23. The quantitative estimate of drug-likeness (QED) is 0.199. The Bertz CT molecular complexity index is 1140. The minimum absolute atomic E-state index is 0.0885. The highest BCUT2D eigenvalue weighted by molar-refractivity contribution is 7.20. The maximum atomic E-state index is 12.9. The lowest BCUT2D eigenvalue weighted by Crippen LogP contribution is -2.14. The molecule has 0 aliphatic heterocycles. The standard InChI is InChI=1S/C26H32N4O3S2/c1-17(2)16-22-24(30-26(35-22)25-27-14-15-34-25)21(32)12-6-4-5-7-13-23(33)29-20-11-9-8-10-19(20)28-18(3)31/h8-11,14-15,17H,4-7,12-13,16H2,1-3H3,(H,28,31)(H,29,33). The fourth-order valence-corrected chi connectivity index (χ4v) is 5.62. The minimum atomic E-state index is -0.186. The molecule has 0 saturated carbocycles. The zero-order valence-corrected chi connectivity index (χ0v) is 22.1. The molecule has 0 bridgehead atoms. The fourth-order valence-electron chi connectivity index (χ4n) is 3.65. The van der Waals surface area contributed by atoms with Gasteiger partial charge in [-0.05, 0) is 37.3 Å². The summed E-state index contributed by atoms with van der Waals surface area (Å²) in [5.74, 6) is 0.263. The van der Waals surface area contributed by atoms with Gasteiger partial charge in [0.25, 0.3) is 0 Å². The van der Waals surface area contributed by atoms with Crippen LogP contribution in [0.1, 0.15) is 74.7 Å². The molecule has 0 radical (unpaired) electrons. The third-order valence-electron chi connectivity index (χ3n) is 5.24. The van der Waals surface area contributed by atoms with Crippen LogP contribution in [0.25, 0.3) is 10.0 Å². The van der Waals surface area contributed by atoms with Gasteiger partial charge in [-0.3, -0.25) is 14.4 Å². The van der Waals surface area contributed by atoms with Crippen LogP contribution >= 0.6 is 22.7 Å². The Kier molecular flexibility index (Phi) is 10.1. The minimum Gasteiger partial charge on any atom is -0.325 e. The van der Waals surface area contributed by atoms with Gasteiger partial charge in [0.2, 0.25) is 11.8 Å². The zero-order chi connectivity index (χ0) is 25.2. The molecular formula is C26H32N4O3S2. The summed E-state index contributed by atoms with van der Waals surface area (Å²) in [5, 5.41) is 9.18. The second-order valence-corrected chi connectivity index (χ2v) is 10.8. The zero-order valence-electron chi connectivity index (χ0n) is 20.4. The summed E-state index contributed by atoms with van der Waals surface area (Å²) < 4.78 is 0. The fraction of sp³-hybridized carbons (Fsp3) is 0.423. The first-order valence-electron chi connectivity index (χ1n) is 11.9. The lowest BCUT2D eigenvalue weighted by atomic mass is 10.0. The first kappa shape index (κ1) is 26.7. The number of unbranched alkanes of at least 4 members (excludes halogenated alkanes) is 3. The molecule has 35 heavy (non-hydrogen) atoms. The number of ketones is 1. The van der Waals surface area contributed by atoms with Gasteiger partial charge in [-0.1, -0.05) is 38.8 Å². The maximum absolute atomic E-state index is 12.9. The van der Waals surface area contributed by atoms with Crippen LogP contribution in [0, 0.1) is 5.92 Å². The number of thiazole rings is 2. The van der Waals surface area contributed by atoms with E-state index in [1.807, 2.05) is 11.4 Å². The van der Waals surface area contributed by atoms with Gasteiger partial charge in [0.15, 0.2) is 15.8 Å². The van der Waals surface area contributed by atoms with Gasteiger partial charge in [0, 0.05) is 36.2 Å². The first-order valence-corrected chi connectivity index (χ1v) is 13.6. The predicted octanol–water partition coefficient (Wildman–Crippen LogP) is 6.59. The highest BCUT2D eigenvalue weighted by Crippen LogP contribution is 2.32. The molecule has 9 heteroatoms. The van der Waals surface area contributed by atoms with E-state index in [-0.39, 0.29) is 17.6 Å². The number of hydrogen-bond donors (Lipinski definition) is 2. The molecule has 0 aliphatic rings. The van der Waals surface area contributed by atoms with E-state index in [2.05, 4.69) is 34.4 Å². The smallest absolute Gasteiger partial charge is 0.224 e. The number of Topliss-reactive ketones (excluding diaryl/α,β-unsaturated/α-hetero) is 1. The van der Waals surface area contributed by atoms with Crippen molar-refractivity contribution in [3.63, 3.8) is 0 Å². The lowest BCUT2D eigenvalue weighted by molar-refractivity contribution is -0.116. The summed E-state index contributed by atoms with van der Waals surface area (Å²) in [7, 11) is 0. The van der Waals surface area contributed by atoms with Crippen molar-refractivity contribution in [1.29, 1.82) is 0 Å². The summed E-state index contributed by atoms with van der Waals surface area (Å²) in [6, 6.07) is 7.13. The number of amides is 2. The molecular weight excluding hydrogens is 480 g/mol. The number of nitrogens with one attached hydrogen (secondary N) is 2. The van der Waals surface area contributed by atoms with Crippen molar-refractivity contribution in [3.05, 3.63) is 46.4 Å². The van der Waals surface area contributed by atoms with Crippen molar-refractivity contribution in [3.8, 4) is 10.0 Å². The number of nitrogens with zero attached hydrogens (tertiary/aromatic N) is 2. The Labute approximate surface area is 214 Å². The predicted molar refractivity (Wildman–Crippen MR) is 143 cm³/mol. The highest BCUT2D eigenvalue weighted by atomic mass is 32.1. The Morgan fingerprint density at radius 3 is 2.26 bits per heavy atom. The molecule has 2 amide bonds. The van der Waals surface area contributed by atoms with Crippen molar-refractivity contribution in [2.75, 3.05) is 10.6 Å². The average Bonchev–Trinajstić information content (AvgIpc) is 3.47. The number of carbonyl (C=O) groups excluding carboxylic acids is 3. The topological polar surface area (TPSA) is 101 Å². The Morgan fingerprint density at radius 2 is 1.63 bits per heavy atom. The summed E-state index contributed by atoms with van der Waals surface area (Å²) in [5.41, 5.74) is 1.78. The van der Waals surface area contributed by atoms with Gasteiger partial charge in [-0.2, -0.15) is 0 Å². The molecule has 0 spiro atoms. The summed E-state index contributed by atoms with van der Waals surface area (Å²) in [6.07, 6.45) is 6.71. The van der Waals surface area contributed by atoms with Crippen LogP contribution in [0.15, 0.2) is 35.8 Å². The van der Waals surface area contributed by atoms with Gasteiger partial charge >= 0.3 is 0 Å². The monoisotopic (exact) mass is 512 g/mol. The molecule has 0 fully saturated rings. The van der Waals surface area contributed by atoms with E-state index in [0.717, 1.165) is 47.0 Å². The average molecular weight is 513 g/mol. The Balaban J connectivity index is 1.42. The van der Waals surface area contributed by atoms with Gasteiger partial charge in [-0.15, -0.1) is 22.7 Å². The normalized spacial score (nSPS) is 11.0. The van der Waals surface area contributed by atoms with E-state index in [1.165, 1.54) is 18.3 Å². The second-order valence-electron chi connectivity index (χ2n) is 8.84. The summed E-state index contributed by atoms with van der Waals surface area (Å²) in [6.45, 7) is 5.72. The van der Waals surface area contributed by atoms with Crippen LogP contribution in [0.3, 0.4) is 0 Å². The molecule has 0 atom stereocenters. The van der Waals surface area contributed by atoms with E-state index >= 15 is 0 Å². The van der Waals surface area contributed by atoms with Crippen molar-refractivity contribution >= 4 is 51.6 Å². The van der Waals surface area contributed by atoms with Crippen molar-refractivity contribution < 1.29 is 14.4 Å². The van der Waals surface area contributed by atoms with Crippen LogP contribution in [0.4, 0.5) is 11.4 Å². The van der Waals surface area contributed by atoms with Crippen LogP contribution in [-0.2, 0) is 16.0 Å². The molecule has 186 valence electrons. The molecule has 2 heterocycles. The number of benzene rings is 1. The van der Waals surface area contributed by atoms with E-state index in [1.54, 1.807) is 35.7 Å². The SMILES string of the molecule is CC(=O)Nc1ccccc1NC(=O)CCCCCCC(=O)c1nc(-c2nccs2)sc1CC(C)C. The van der Waals surface area contributed by atoms with E-state index in [4.69, 9.17) is 0 Å². The largest absolute Gasteiger partial charge is 0.325 e. The van der Waals surface area contributed by atoms with Crippen molar-refractivity contribution in [1.82, 2.24) is 9.97 Å². The van der Waals surface area contributed by atoms with Crippen LogP contribution < -0.4 is 10.6 Å². The second kappa shape index (κ2) is 13.3. The molecule has 1 aromatic carbocycles. The summed E-state index contributed by atoms with van der Waals surface area (Å²) in [4.78, 5) is 46.6. The molecule has 7 nitrogen and oxygen atoms in total. The van der Waals surface area contributed by atoms with Crippen molar-refractivity contribution in [2.45, 2.75) is 65.7 Å². The van der Waals surface area contributed by atoms with Crippen LogP contribution in [0.5, 0.6) is 0 Å². The molecule has 0 saturated heterocycles. The Hall–Kier alpha value is -2.91.